The van der Waals surface area contributed by atoms with Gasteiger partial charge in [0.15, 0.2) is 0 Å². The molecule has 0 aliphatic carbocycles. The number of nitrogens with zero attached hydrogens (tertiary/aromatic N) is 5. The van der Waals surface area contributed by atoms with E-state index in [1.54, 1.807) is 12.1 Å². The summed E-state index contributed by atoms with van der Waals surface area (Å²) in [5.41, 5.74) is 2.18. The molecule has 0 fully saturated rings. The summed E-state index contributed by atoms with van der Waals surface area (Å²) < 4.78 is 13.3. The van der Waals surface area contributed by atoms with Crippen LogP contribution in [0.1, 0.15) is 31.9 Å². The number of rotatable bonds is 7. The van der Waals surface area contributed by atoms with E-state index in [9.17, 15) is 14.0 Å². The Morgan fingerprint density at radius 2 is 1.72 bits per heavy atom. The van der Waals surface area contributed by atoms with Crippen molar-refractivity contribution >= 4 is 11.8 Å². The minimum atomic E-state index is -0.432. The molecule has 0 saturated carbocycles. The number of hydrogen-bond donors (Lipinski definition) is 1. The molecule has 1 N–H and O–H groups in total. The summed E-state index contributed by atoms with van der Waals surface area (Å²) in [7, 11) is 0. The summed E-state index contributed by atoms with van der Waals surface area (Å²) in [5, 5.41) is 15.1. The van der Waals surface area contributed by atoms with Crippen LogP contribution in [0.15, 0.2) is 48.5 Å². The van der Waals surface area contributed by atoms with Gasteiger partial charge in [-0.2, -0.15) is 4.80 Å². The number of nitrogens with one attached hydrogen (secondary N) is 1. The molecule has 0 saturated heterocycles. The molecule has 2 amide bonds. The first kappa shape index (κ1) is 23.1. The van der Waals surface area contributed by atoms with E-state index >= 15 is 0 Å². The second kappa shape index (κ2) is 9.67. The number of aromatic nitrogens is 4. The molecule has 168 valence electrons. The molecular weight excluding hydrogens is 411 g/mol. The van der Waals surface area contributed by atoms with Gasteiger partial charge in [0.2, 0.25) is 17.6 Å². The van der Waals surface area contributed by atoms with Crippen molar-refractivity contribution in [2.75, 3.05) is 6.54 Å². The first-order valence-corrected chi connectivity index (χ1v) is 10.3. The smallest absolute Gasteiger partial charge is 0.247 e. The van der Waals surface area contributed by atoms with Gasteiger partial charge < -0.3 is 10.2 Å². The van der Waals surface area contributed by atoms with Crippen LogP contribution in [0.3, 0.4) is 0 Å². The summed E-state index contributed by atoms with van der Waals surface area (Å²) in [6.07, 6.45) is 0. The molecule has 8 nitrogen and oxygen atoms in total. The Labute approximate surface area is 186 Å². The molecule has 9 heteroatoms. The highest BCUT2D eigenvalue weighted by Crippen LogP contribution is 2.14. The van der Waals surface area contributed by atoms with Crippen LogP contribution in [-0.2, 0) is 22.7 Å². The van der Waals surface area contributed by atoms with Crippen LogP contribution in [0, 0.1) is 12.7 Å². The third-order valence-corrected chi connectivity index (χ3v) is 4.53. The first-order valence-electron chi connectivity index (χ1n) is 10.3. The standard InChI is InChI=1S/C23H27FN6O2/c1-16-5-9-18(10-6-16)22-26-28-30(27-22)15-21(32)29(14-20(31)25-23(2,3)4)13-17-7-11-19(24)12-8-17/h5-12H,13-15H2,1-4H3,(H,25,31). The largest absolute Gasteiger partial charge is 0.350 e. The van der Waals surface area contributed by atoms with Crippen molar-refractivity contribution in [3.8, 4) is 11.4 Å². The van der Waals surface area contributed by atoms with E-state index in [1.165, 1.54) is 21.8 Å². The topological polar surface area (TPSA) is 93.0 Å². The van der Waals surface area contributed by atoms with Crippen LogP contribution in [0.25, 0.3) is 11.4 Å². The van der Waals surface area contributed by atoms with Gasteiger partial charge in [0.05, 0.1) is 6.54 Å². The van der Waals surface area contributed by atoms with Crippen LogP contribution in [0.5, 0.6) is 0 Å². The maximum absolute atomic E-state index is 13.3. The molecule has 3 aromatic rings. The van der Waals surface area contributed by atoms with Crippen LogP contribution in [-0.4, -0.2) is 49.0 Å². The van der Waals surface area contributed by atoms with Gasteiger partial charge in [0.1, 0.15) is 12.4 Å². The van der Waals surface area contributed by atoms with Crippen LogP contribution in [0.2, 0.25) is 0 Å². The summed E-state index contributed by atoms with van der Waals surface area (Å²) in [6.45, 7) is 7.40. The predicted octanol–water partition coefficient (Wildman–Crippen LogP) is 2.73. The van der Waals surface area contributed by atoms with Gasteiger partial charge in [-0.05, 0) is 50.6 Å². The maximum Gasteiger partial charge on any atom is 0.247 e. The lowest BCUT2D eigenvalue weighted by atomic mass is 10.1. The average Bonchev–Trinajstić information content (AvgIpc) is 3.16. The van der Waals surface area contributed by atoms with Crippen molar-refractivity contribution in [3.05, 3.63) is 65.5 Å². The van der Waals surface area contributed by atoms with Crippen LogP contribution >= 0.6 is 0 Å². The number of carbonyl (C=O) groups is 2. The Balaban J connectivity index is 1.74. The van der Waals surface area contributed by atoms with Gasteiger partial charge in [0.25, 0.3) is 0 Å². The van der Waals surface area contributed by atoms with Gasteiger partial charge in [-0.1, -0.05) is 42.0 Å². The number of aryl methyl sites for hydroxylation is 1. The Morgan fingerprint density at radius 1 is 1.06 bits per heavy atom. The molecule has 2 aromatic carbocycles. The number of carbonyl (C=O) groups excluding carboxylic acids is 2. The minimum absolute atomic E-state index is 0.146. The van der Waals surface area contributed by atoms with Gasteiger partial charge in [-0.3, -0.25) is 9.59 Å². The fourth-order valence-corrected chi connectivity index (χ4v) is 3.02. The molecule has 32 heavy (non-hydrogen) atoms. The van der Waals surface area contributed by atoms with Crippen molar-refractivity contribution in [2.45, 2.75) is 46.3 Å². The fraction of sp³-hybridized carbons (Fsp3) is 0.348. The van der Waals surface area contributed by atoms with E-state index in [0.29, 0.717) is 11.4 Å². The summed E-state index contributed by atoms with van der Waals surface area (Å²) >= 11 is 0. The van der Waals surface area contributed by atoms with Crippen molar-refractivity contribution in [3.63, 3.8) is 0 Å². The maximum atomic E-state index is 13.3. The van der Waals surface area contributed by atoms with Crippen molar-refractivity contribution in [2.24, 2.45) is 0 Å². The van der Waals surface area contributed by atoms with Gasteiger partial charge in [-0.15, -0.1) is 10.2 Å². The predicted molar refractivity (Wildman–Crippen MR) is 118 cm³/mol. The molecule has 0 atom stereocenters. The molecule has 0 aliphatic rings. The SMILES string of the molecule is Cc1ccc(-c2nnn(CC(=O)N(CC(=O)NC(C)(C)C)Cc3ccc(F)cc3)n2)cc1. The number of hydrogen-bond acceptors (Lipinski definition) is 5. The number of benzene rings is 2. The van der Waals surface area contributed by atoms with E-state index in [0.717, 1.165) is 11.1 Å². The Bertz CT molecular complexity index is 1070. The zero-order valence-electron chi connectivity index (χ0n) is 18.7. The summed E-state index contributed by atoms with van der Waals surface area (Å²) in [6, 6.07) is 13.5. The van der Waals surface area contributed by atoms with E-state index in [-0.39, 0.29) is 37.3 Å². The Morgan fingerprint density at radius 3 is 2.34 bits per heavy atom. The van der Waals surface area contributed by atoms with Gasteiger partial charge in [0, 0.05) is 17.6 Å². The Kier molecular flexibility index (Phi) is 6.97. The highest BCUT2D eigenvalue weighted by Gasteiger charge is 2.22. The molecule has 0 spiro atoms. The number of tetrazole rings is 1. The Hall–Kier alpha value is -3.62. The third-order valence-electron chi connectivity index (χ3n) is 4.53. The number of halogens is 1. The first-order chi connectivity index (χ1) is 15.1. The monoisotopic (exact) mass is 438 g/mol. The fourth-order valence-electron chi connectivity index (χ4n) is 3.02. The van der Waals surface area contributed by atoms with E-state index in [4.69, 9.17) is 0 Å². The molecule has 1 aromatic heterocycles. The van der Waals surface area contributed by atoms with Crippen molar-refractivity contribution in [1.29, 1.82) is 0 Å². The molecule has 0 unspecified atom stereocenters. The molecular formula is C23H27FN6O2. The highest BCUT2D eigenvalue weighted by molar-refractivity contribution is 5.85. The molecule has 0 aliphatic heterocycles. The van der Waals surface area contributed by atoms with Crippen molar-refractivity contribution in [1.82, 2.24) is 30.4 Å². The molecule has 3 rings (SSSR count). The third kappa shape index (κ3) is 6.69. The van der Waals surface area contributed by atoms with Crippen LogP contribution < -0.4 is 5.32 Å². The summed E-state index contributed by atoms with van der Waals surface area (Å²) in [4.78, 5) is 28.1. The quantitative estimate of drug-likeness (QED) is 0.612. The lowest BCUT2D eigenvalue weighted by molar-refractivity contribution is -0.138. The lowest BCUT2D eigenvalue weighted by Crippen LogP contribution is -2.47. The minimum Gasteiger partial charge on any atom is -0.350 e. The molecule has 0 bridgehead atoms. The van der Waals surface area contributed by atoms with E-state index in [1.807, 2.05) is 52.0 Å². The summed E-state index contributed by atoms with van der Waals surface area (Å²) in [5.74, 6) is -0.605. The second-order valence-electron chi connectivity index (χ2n) is 8.68. The molecule has 1 heterocycles. The zero-order chi connectivity index (χ0) is 23.3. The van der Waals surface area contributed by atoms with Crippen LogP contribution in [0.4, 0.5) is 4.39 Å². The lowest BCUT2D eigenvalue weighted by Gasteiger charge is -2.26. The zero-order valence-corrected chi connectivity index (χ0v) is 18.7. The average molecular weight is 439 g/mol. The normalized spacial score (nSPS) is 11.3. The second-order valence-corrected chi connectivity index (χ2v) is 8.68. The highest BCUT2D eigenvalue weighted by atomic mass is 19.1. The van der Waals surface area contributed by atoms with E-state index < -0.39 is 5.54 Å². The van der Waals surface area contributed by atoms with E-state index in [2.05, 4.69) is 20.7 Å². The number of amides is 2. The van der Waals surface area contributed by atoms with Gasteiger partial charge in [-0.25, -0.2) is 4.39 Å². The van der Waals surface area contributed by atoms with Gasteiger partial charge >= 0.3 is 0 Å². The molecule has 0 radical (unpaired) electrons. The van der Waals surface area contributed by atoms with Crippen molar-refractivity contribution < 1.29 is 14.0 Å².